The monoisotopic (exact) mass is 410 g/mol. The van der Waals surface area contributed by atoms with Gasteiger partial charge in [0.25, 0.3) is 0 Å². The number of nitro groups is 1. The molecule has 1 aliphatic rings. The standard InChI is InChI=1S/C23H26N2O5/c1-2-3-5-13-19-20(15-24(28)29)18-12-8-9-14-21(18)25(22(19)26)23(27)30-16-17-10-6-4-7-11-17/h2,4,6-12,14,19-20,22,26H,1,3,5,13,15-16H2/t19-,20-,22+/m1/s1. The van der Waals surface area contributed by atoms with Crippen molar-refractivity contribution in [3.63, 3.8) is 0 Å². The van der Waals surface area contributed by atoms with Crippen LogP contribution in [0.25, 0.3) is 0 Å². The van der Waals surface area contributed by atoms with Crippen molar-refractivity contribution in [1.29, 1.82) is 0 Å². The molecule has 1 heterocycles. The van der Waals surface area contributed by atoms with E-state index in [1.54, 1.807) is 30.3 Å². The van der Waals surface area contributed by atoms with Crippen LogP contribution in [0.1, 0.15) is 36.3 Å². The fourth-order valence-electron chi connectivity index (χ4n) is 4.03. The summed E-state index contributed by atoms with van der Waals surface area (Å²) >= 11 is 0. The lowest BCUT2D eigenvalue weighted by molar-refractivity contribution is -0.485. The van der Waals surface area contributed by atoms with Crippen molar-refractivity contribution < 1.29 is 19.6 Å². The first-order chi connectivity index (χ1) is 14.5. The highest BCUT2D eigenvalue weighted by Crippen LogP contribution is 2.44. The van der Waals surface area contributed by atoms with Crippen molar-refractivity contribution in [2.75, 3.05) is 11.4 Å². The Bertz CT molecular complexity index is 886. The number of unbranched alkanes of at least 4 members (excludes halogenated alkanes) is 1. The normalized spacial score (nSPS) is 20.3. The Hall–Kier alpha value is -3.19. The van der Waals surface area contributed by atoms with E-state index >= 15 is 0 Å². The number of hydrogen-bond donors (Lipinski definition) is 1. The number of ether oxygens (including phenoxy) is 1. The first-order valence-electron chi connectivity index (χ1n) is 10.0. The summed E-state index contributed by atoms with van der Waals surface area (Å²) in [7, 11) is 0. The zero-order chi connectivity index (χ0) is 21.5. The summed E-state index contributed by atoms with van der Waals surface area (Å²) in [6, 6.07) is 16.3. The first kappa shape index (κ1) is 21.5. The van der Waals surface area contributed by atoms with E-state index < -0.39 is 24.2 Å². The predicted octanol–water partition coefficient (Wildman–Crippen LogP) is 4.49. The number of hydrogen-bond acceptors (Lipinski definition) is 5. The molecule has 30 heavy (non-hydrogen) atoms. The number of anilines is 1. The summed E-state index contributed by atoms with van der Waals surface area (Å²) in [6.45, 7) is 3.47. The third-order valence-corrected chi connectivity index (χ3v) is 5.45. The predicted molar refractivity (Wildman–Crippen MR) is 114 cm³/mol. The van der Waals surface area contributed by atoms with Gasteiger partial charge in [0.05, 0.1) is 11.6 Å². The topological polar surface area (TPSA) is 92.9 Å². The highest BCUT2D eigenvalue weighted by atomic mass is 16.6. The molecule has 1 N–H and O–H groups in total. The number of rotatable bonds is 8. The van der Waals surface area contributed by atoms with Gasteiger partial charge in [-0.15, -0.1) is 6.58 Å². The molecule has 0 aromatic heterocycles. The van der Waals surface area contributed by atoms with Crippen LogP contribution in [0.4, 0.5) is 10.5 Å². The lowest BCUT2D eigenvalue weighted by Crippen LogP contribution is -2.51. The van der Waals surface area contributed by atoms with Gasteiger partial charge >= 0.3 is 6.09 Å². The molecule has 0 aliphatic carbocycles. The third-order valence-electron chi connectivity index (χ3n) is 5.45. The van der Waals surface area contributed by atoms with Crippen LogP contribution in [0.5, 0.6) is 0 Å². The number of benzene rings is 2. The second-order valence-corrected chi connectivity index (χ2v) is 7.39. The molecule has 0 fully saturated rings. The fourth-order valence-corrected chi connectivity index (χ4v) is 4.03. The summed E-state index contributed by atoms with van der Waals surface area (Å²) in [4.78, 5) is 25.1. The second kappa shape index (κ2) is 10.0. The Labute approximate surface area is 175 Å². The number of para-hydroxylation sites is 1. The van der Waals surface area contributed by atoms with Crippen LogP contribution in [-0.4, -0.2) is 28.9 Å². The van der Waals surface area contributed by atoms with Gasteiger partial charge in [0, 0.05) is 10.8 Å². The molecular weight excluding hydrogens is 384 g/mol. The van der Waals surface area contributed by atoms with Gasteiger partial charge in [-0.1, -0.05) is 54.6 Å². The molecule has 3 rings (SSSR count). The maximum Gasteiger partial charge on any atom is 0.416 e. The maximum absolute atomic E-state index is 12.9. The van der Waals surface area contributed by atoms with Crippen LogP contribution in [0.2, 0.25) is 0 Å². The number of fused-ring (bicyclic) bond motifs is 1. The molecule has 1 aliphatic heterocycles. The number of carbonyl (C=O) groups excluding carboxylic acids is 1. The average Bonchev–Trinajstić information content (AvgIpc) is 2.74. The smallest absolute Gasteiger partial charge is 0.416 e. The summed E-state index contributed by atoms with van der Waals surface area (Å²) in [6.07, 6.45) is 1.87. The van der Waals surface area contributed by atoms with E-state index in [4.69, 9.17) is 4.74 Å². The molecule has 1 amide bonds. The van der Waals surface area contributed by atoms with E-state index in [2.05, 4.69) is 6.58 Å². The van der Waals surface area contributed by atoms with Gasteiger partial charge in [-0.2, -0.15) is 0 Å². The largest absolute Gasteiger partial charge is 0.444 e. The lowest BCUT2D eigenvalue weighted by atomic mass is 9.77. The minimum Gasteiger partial charge on any atom is -0.444 e. The van der Waals surface area contributed by atoms with Crippen LogP contribution < -0.4 is 4.90 Å². The third kappa shape index (κ3) is 4.86. The van der Waals surface area contributed by atoms with E-state index in [0.717, 1.165) is 12.0 Å². The highest BCUT2D eigenvalue weighted by Gasteiger charge is 2.45. The number of allylic oxidation sites excluding steroid dienone is 1. The molecule has 3 atom stereocenters. The van der Waals surface area contributed by atoms with E-state index in [1.807, 2.05) is 30.3 Å². The van der Waals surface area contributed by atoms with E-state index in [0.29, 0.717) is 24.1 Å². The Morgan fingerprint density at radius 1 is 1.20 bits per heavy atom. The molecular formula is C23H26N2O5. The van der Waals surface area contributed by atoms with E-state index in [9.17, 15) is 20.0 Å². The molecule has 0 spiro atoms. The van der Waals surface area contributed by atoms with Gasteiger partial charge < -0.3 is 9.84 Å². The zero-order valence-corrected chi connectivity index (χ0v) is 16.7. The summed E-state index contributed by atoms with van der Waals surface area (Å²) in [5.74, 6) is -0.969. The van der Waals surface area contributed by atoms with Gasteiger partial charge in [0.15, 0.2) is 0 Å². The molecule has 7 heteroatoms. The van der Waals surface area contributed by atoms with Gasteiger partial charge in [-0.25, -0.2) is 4.79 Å². The molecule has 2 aromatic rings. The molecule has 158 valence electrons. The second-order valence-electron chi connectivity index (χ2n) is 7.39. The van der Waals surface area contributed by atoms with Crippen LogP contribution in [0.15, 0.2) is 67.3 Å². The Morgan fingerprint density at radius 3 is 2.60 bits per heavy atom. The number of aliphatic hydroxyl groups excluding tert-OH is 1. The Balaban J connectivity index is 1.89. The zero-order valence-electron chi connectivity index (χ0n) is 16.7. The summed E-state index contributed by atoms with van der Waals surface area (Å²) < 4.78 is 5.46. The van der Waals surface area contributed by atoms with Crippen molar-refractivity contribution in [1.82, 2.24) is 0 Å². The molecule has 0 saturated carbocycles. The van der Waals surface area contributed by atoms with Crippen LogP contribution in [-0.2, 0) is 11.3 Å². The Morgan fingerprint density at radius 2 is 1.90 bits per heavy atom. The first-order valence-corrected chi connectivity index (χ1v) is 10.0. The van der Waals surface area contributed by atoms with Crippen LogP contribution in [0.3, 0.4) is 0 Å². The van der Waals surface area contributed by atoms with Gasteiger partial charge in [-0.3, -0.25) is 15.0 Å². The number of carbonyl (C=O) groups is 1. The fraction of sp³-hybridized carbons (Fsp3) is 0.348. The van der Waals surface area contributed by atoms with Crippen molar-refractivity contribution in [3.05, 3.63) is 88.5 Å². The molecule has 0 unspecified atom stereocenters. The van der Waals surface area contributed by atoms with Gasteiger partial charge in [-0.05, 0) is 36.5 Å². The number of nitrogens with zero attached hydrogens (tertiary/aromatic N) is 2. The van der Waals surface area contributed by atoms with Crippen molar-refractivity contribution in [2.45, 2.75) is 38.0 Å². The highest BCUT2D eigenvalue weighted by molar-refractivity contribution is 5.90. The lowest BCUT2D eigenvalue weighted by Gasteiger charge is -2.42. The minimum absolute atomic E-state index is 0.0739. The van der Waals surface area contributed by atoms with Crippen molar-refractivity contribution in [2.24, 2.45) is 5.92 Å². The van der Waals surface area contributed by atoms with Crippen LogP contribution in [0, 0.1) is 16.0 Å². The molecule has 7 nitrogen and oxygen atoms in total. The van der Waals surface area contributed by atoms with Crippen molar-refractivity contribution in [3.8, 4) is 0 Å². The summed E-state index contributed by atoms with van der Waals surface area (Å²) in [5, 5.41) is 22.4. The Kier molecular flexibility index (Phi) is 7.19. The quantitative estimate of drug-likeness (QED) is 0.299. The SMILES string of the molecule is C=CCCC[C@@H]1[C@H](C[N+](=O)[O-])c2ccccc2N(C(=O)OCc2ccccc2)[C@H]1O. The van der Waals surface area contributed by atoms with Crippen molar-refractivity contribution >= 4 is 11.8 Å². The average molecular weight is 410 g/mol. The van der Waals surface area contributed by atoms with E-state index in [-0.39, 0.29) is 18.1 Å². The molecule has 0 saturated heterocycles. The number of aliphatic hydroxyl groups is 1. The molecule has 2 aromatic carbocycles. The van der Waals surface area contributed by atoms with Gasteiger partial charge in [0.1, 0.15) is 12.8 Å². The molecule has 0 bridgehead atoms. The molecule has 0 radical (unpaired) electrons. The number of amides is 1. The summed E-state index contributed by atoms with van der Waals surface area (Å²) in [5.41, 5.74) is 1.97. The van der Waals surface area contributed by atoms with Crippen LogP contribution >= 0.6 is 0 Å². The maximum atomic E-state index is 12.9. The van der Waals surface area contributed by atoms with E-state index in [1.165, 1.54) is 4.90 Å². The minimum atomic E-state index is -1.21. The van der Waals surface area contributed by atoms with Gasteiger partial charge in [0.2, 0.25) is 6.54 Å².